The van der Waals surface area contributed by atoms with Gasteiger partial charge in [0.15, 0.2) is 0 Å². The number of pyridine rings is 2. The molecule has 2 N–H and O–H groups in total. The highest BCUT2D eigenvalue weighted by Crippen LogP contribution is 2.26. The number of halogens is 1. The van der Waals surface area contributed by atoms with Gasteiger partial charge >= 0.3 is 0 Å². The number of aromatic nitrogens is 4. The van der Waals surface area contributed by atoms with Crippen molar-refractivity contribution in [2.45, 2.75) is 42.7 Å². The Labute approximate surface area is 222 Å². The molecular formula is C25H30ClN7O3S. The van der Waals surface area contributed by atoms with Crippen molar-refractivity contribution in [3.63, 3.8) is 0 Å². The van der Waals surface area contributed by atoms with Gasteiger partial charge in [-0.15, -0.1) is 0 Å². The molecule has 12 heteroatoms. The van der Waals surface area contributed by atoms with Crippen LogP contribution in [0.25, 0.3) is 12.2 Å². The van der Waals surface area contributed by atoms with E-state index in [1.807, 2.05) is 6.08 Å². The first-order valence-electron chi connectivity index (χ1n) is 11.9. The summed E-state index contributed by atoms with van der Waals surface area (Å²) in [6.45, 7) is 0. The summed E-state index contributed by atoms with van der Waals surface area (Å²) >= 11 is 6.00. The van der Waals surface area contributed by atoms with E-state index < -0.39 is 10.0 Å². The lowest BCUT2D eigenvalue weighted by molar-refractivity contribution is 0.221. The Morgan fingerprint density at radius 1 is 1.05 bits per heavy atom. The molecule has 0 unspecified atom stereocenters. The second-order valence-electron chi connectivity index (χ2n) is 8.99. The summed E-state index contributed by atoms with van der Waals surface area (Å²) < 4.78 is 33.1. The van der Waals surface area contributed by atoms with Gasteiger partial charge < -0.3 is 15.0 Å². The zero-order valence-corrected chi connectivity index (χ0v) is 22.5. The maximum Gasteiger partial charge on any atom is 0.266 e. The van der Waals surface area contributed by atoms with Gasteiger partial charge in [-0.05, 0) is 64.1 Å². The van der Waals surface area contributed by atoms with Crippen LogP contribution in [0.3, 0.4) is 0 Å². The summed E-state index contributed by atoms with van der Waals surface area (Å²) in [5, 5.41) is 3.50. The predicted molar refractivity (Wildman–Crippen MR) is 145 cm³/mol. The molecule has 3 aromatic heterocycles. The standard InChI is InChI=1S/C25H30ClN7O3S/c1-33(2)20-9-7-19(8-10-20)30-25-28-14-17(15-29-25)4-5-18-6-11-23(31-24(18)36-3)32-37(34,35)22-16-27-13-12-21(22)26/h4-6,11-16,19-20H,7-10H2,1-3H3,(H,31,32)(H,28,29,30)/b5-4+. The van der Waals surface area contributed by atoms with Crippen LogP contribution in [0.15, 0.2) is 47.9 Å². The van der Waals surface area contributed by atoms with Crippen LogP contribution < -0.4 is 14.8 Å². The lowest BCUT2D eigenvalue weighted by atomic mass is 9.91. The van der Waals surface area contributed by atoms with Crippen LogP contribution in [0.1, 0.15) is 36.8 Å². The largest absolute Gasteiger partial charge is 0.481 e. The van der Waals surface area contributed by atoms with Crippen molar-refractivity contribution in [2.75, 3.05) is 31.2 Å². The normalized spacial score (nSPS) is 18.2. The maximum absolute atomic E-state index is 12.7. The number of sulfonamides is 1. The minimum atomic E-state index is -3.96. The van der Waals surface area contributed by atoms with Crippen LogP contribution in [0.4, 0.5) is 11.8 Å². The van der Waals surface area contributed by atoms with E-state index in [0.717, 1.165) is 18.4 Å². The third kappa shape index (κ3) is 6.94. The van der Waals surface area contributed by atoms with E-state index in [1.54, 1.807) is 30.6 Å². The number of nitrogens with zero attached hydrogens (tertiary/aromatic N) is 5. The molecule has 0 radical (unpaired) electrons. The minimum absolute atomic E-state index is 0.0640. The zero-order valence-electron chi connectivity index (χ0n) is 20.9. The van der Waals surface area contributed by atoms with E-state index in [-0.39, 0.29) is 21.6 Å². The molecule has 37 heavy (non-hydrogen) atoms. The highest BCUT2D eigenvalue weighted by Gasteiger charge is 2.23. The molecule has 1 fully saturated rings. The fourth-order valence-corrected chi connectivity index (χ4v) is 5.59. The van der Waals surface area contributed by atoms with E-state index in [1.165, 1.54) is 38.4 Å². The van der Waals surface area contributed by atoms with E-state index >= 15 is 0 Å². The first kappa shape index (κ1) is 26.8. The smallest absolute Gasteiger partial charge is 0.266 e. The molecule has 3 aromatic rings. The van der Waals surface area contributed by atoms with E-state index in [9.17, 15) is 8.42 Å². The number of methoxy groups -OCH3 is 1. The van der Waals surface area contributed by atoms with Crippen LogP contribution in [-0.4, -0.2) is 66.5 Å². The Bertz CT molecular complexity index is 1340. The molecule has 1 saturated carbocycles. The molecule has 3 heterocycles. The molecule has 0 amide bonds. The second kappa shape index (κ2) is 11.8. The Morgan fingerprint density at radius 2 is 1.78 bits per heavy atom. The molecule has 1 aliphatic rings. The fourth-order valence-electron chi connectivity index (χ4n) is 4.16. The molecule has 196 valence electrons. The van der Waals surface area contributed by atoms with E-state index in [0.29, 0.717) is 23.6 Å². The van der Waals surface area contributed by atoms with Crippen molar-refractivity contribution in [3.05, 3.63) is 59.1 Å². The predicted octanol–water partition coefficient (Wildman–Crippen LogP) is 4.18. The minimum Gasteiger partial charge on any atom is -0.481 e. The molecule has 0 bridgehead atoms. The van der Waals surface area contributed by atoms with Gasteiger partial charge in [-0.3, -0.25) is 9.71 Å². The van der Waals surface area contributed by atoms with Gasteiger partial charge in [0.2, 0.25) is 11.8 Å². The van der Waals surface area contributed by atoms with Crippen molar-refractivity contribution >= 4 is 45.5 Å². The number of ether oxygens (including phenoxy) is 1. The Balaban J connectivity index is 1.39. The Hall–Kier alpha value is -3.28. The van der Waals surface area contributed by atoms with E-state index in [4.69, 9.17) is 16.3 Å². The van der Waals surface area contributed by atoms with E-state index in [2.05, 4.69) is 49.0 Å². The molecule has 0 spiro atoms. The summed E-state index contributed by atoms with van der Waals surface area (Å²) in [7, 11) is 1.77. The van der Waals surface area contributed by atoms with Crippen LogP contribution >= 0.6 is 11.6 Å². The lowest BCUT2D eigenvalue weighted by Crippen LogP contribution is -2.36. The first-order valence-corrected chi connectivity index (χ1v) is 13.7. The van der Waals surface area contributed by atoms with Gasteiger partial charge in [-0.2, -0.15) is 4.98 Å². The van der Waals surface area contributed by atoms with Crippen molar-refractivity contribution in [1.82, 2.24) is 24.8 Å². The third-order valence-corrected chi connectivity index (χ3v) is 8.06. The average Bonchev–Trinajstić information content (AvgIpc) is 2.89. The van der Waals surface area contributed by atoms with Crippen molar-refractivity contribution in [1.29, 1.82) is 0 Å². The molecule has 0 aliphatic heterocycles. The molecule has 0 aromatic carbocycles. The molecule has 0 atom stereocenters. The third-order valence-electron chi connectivity index (χ3n) is 6.23. The van der Waals surface area contributed by atoms with Crippen molar-refractivity contribution in [3.8, 4) is 5.88 Å². The van der Waals surface area contributed by atoms with Gasteiger partial charge in [-0.1, -0.05) is 17.7 Å². The molecule has 1 aliphatic carbocycles. The molecule has 0 saturated heterocycles. The van der Waals surface area contributed by atoms with Crippen LogP contribution in [0, 0.1) is 0 Å². The SMILES string of the molecule is COc1nc(NS(=O)(=O)c2cnccc2Cl)ccc1/C=C/c1cnc(NC2CCC(N(C)C)CC2)nc1. The summed E-state index contributed by atoms with van der Waals surface area (Å²) in [5.74, 6) is 0.962. The van der Waals surface area contributed by atoms with Gasteiger partial charge in [0.25, 0.3) is 10.0 Å². The monoisotopic (exact) mass is 543 g/mol. The molecule has 10 nitrogen and oxygen atoms in total. The summed E-state index contributed by atoms with van der Waals surface area (Å²) in [6.07, 6.45) is 14.3. The Morgan fingerprint density at radius 3 is 2.43 bits per heavy atom. The second-order valence-corrected chi connectivity index (χ2v) is 11.1. The lowest BCUT2D eigenvalue weighted by Gasteiger charge is -2.32. The summed E-state index contributed by atoms with van der Waals surface area (Å²) in [4.78, 5) is 19.1. The Kier molecular flexibility index (Phi) is 8.57. The topological polar surface area (TPSA) is 122 Å². The zero-order chi connectivity index (χ0) is 26.4. The quantitative estimate of drug-likeness (QED) is 0.409. The maximum atomic E-state index is 12.7. The van der Waals surface area contributed by atoms with Crippen LogP contribution in [0.5, 0.6) is 5.88 Å². The summed E-state index contributed by atoms with van der Waals surface area (Å²) in [6, 6.07) is 5.68. The van der Waals surface area contributed by atoms with Crippen LogP contribution in [0.2, 0.25) is 5.02 Å². The summed E-state index contributed by atoms with van der Waals surface area (Å²) in [5.41, 5.74) is 1.46. The highest BCUT2D eigenvalue weighted by molar-refractivity contribution is 7.92. The number of anilines is 2. The van der Waals surface area contributed by atoms with Crippen LogP contribution in [-0.2, 0) is 10.0 Å². The fraction of sp³-hybridized carbons (Fsp3) is 0.360. The van der Waals surface area contributed by atoms with Gasteiger partial charge in [0, 0.05) is 48.0 Å². The number of nitrogens with one attached hydrogen (secondary N) is 2. The van der Waals surface area contributed by atoms with Gasteiger partial charge in [0.05, 0.1) is 12.1 Å². The van der Waals surface area contributed by atoms with Gasteiger partial charge in [-0.25, -0.2) is 18.4 Å². The first-order chi connectivity index (χ1) is 17.7. The van der Waals surface area contributed by atoms with Gasteiger partial charge in [0.1, 0.15) is 10.7 Å². The van der Waals surface area contributed by atoms with Crippen molar-refractivity contribution < 1.29 is 13.2 Å². The molecule has 4 rings (SSSR count). The highest BCUT2D eigenvalue weighted by atomic mass is 35.5. The van der Waals surface area contributed by atoms with Crippen molar-refractivity contribution in [2.24, 2.45) is 0 Å². The molecular weight excluding hydrogens is 514 g/mol. The number of hydrogen-bond acceptors (Lipinski definition) is 9. The number of hydrogen-bond donors (Lipinski definition) is 2. The number of rotatable bonds is 9. The average molecular weight is 544 g/mol.